The van der Waals surface area contributed by atoms with Crippen molar-refractivity contribution in [2.24, 2.45) is 11.8 Å². The number of hydrogen-bond acceptors (Lipinski definition) is 5. The fourth-order valence-corrected chi connectivity index (χ4v) is 4.56. The minimum Gasteiger partial charge on any atom is -0.381 e. The van der Waals surface area contributed by atoms with Crippen molar-refractivity contribution in [1.82, 2.24) is 15.1 Å². The van der Waals surface area contributed by atoms with Crippen LogP contribution in [0, 0.1) is 11.8 Å². The third-order valence-electron chi connectivity index (χ3n) is 6.39. The predicted molar refractivity (Wildman–Crippen MR) is 102 cm³/mol. The Morgan fingerprint density at radius 2 is 1.78 bits per heavy atom. The first kappa shape index (κ1) is 20.6. The van der Waals surface area contributed by atoms with Crippen LogP contribution in [0.15, 0.2) is 0 Å². The van der Waals surface area contributed by atoms with Crippen molar-refractivity contribution in [1.29, 1.82) is 0 Å². The van der Waals surface area contributed by atoms with Gasteiger partial charge in [-0.05, 0) is 52.1 Å². The number of carbonyl (C=O) groups excluding carboxylic acids is 2. The van der Waals surface area contributed by atoms with Crippen molar-refractivity contribution in [3.05, 3.63) is 0 Å². The van der Waals surface area contributed by atoms with Gasteiger partial charge in [0.05, 0.1) is 12.1 Å². The molecule has 3 fully saturated rings. The lowest BCUT2D eigenvalue weighted by atomic mass is 9.82. The molecule has 3 aliphatic rings. The highest BCUT2D eigenvalue weighted by Gasteiger charge is 2.37. The molecule has 0 unspecified atom stereocenters. The molecule has 3 rings (SSSR count). The van der Waals surface area contributed by atoms with Gasteiger partial charge in [0.15, 0.2) is 0 Å². The molecule has 0 aromatic rings. The fraction of sp³-hybridized carbons (Fsp3) is 0.900. The standard InChI is InChI=1S/C20H35N3O4/c1-22-8-3-9-23(11-10-22)20(25)16-4-5-17(18(14-16)26-2)21-19(24)15-6-12-27-13-7-15/h15-18H,3-14H2,1-2H3,(H,21,24)/t16-,17-,18-/m0/s1. The summed E-state index contributed by atoms with van der Waals surface area (Å²) in [5.74, 6) is 0.437. The Hall–Kier alpha value is -1.18. The number of nitrogens with one attached hydrogen (secondary N) is 1. The summed E-state index contributed by atoms with van der Waals surface area (Å²) in [5, 5.41) is 3.19. The van der Waals surface area contributed by atoms with E-state index < -0.39 is 0 Å². The maximum Gasteiger partial charge on any atom is 0.225 e. The molecule has 1 N–H and O–H groups in total. The number of methoxy groups -OCH3 is 1. The van der Waals surface area contributed by atoms with Crippen LogP contribution >= 0.6 is 0 Å². The van der Waals surface area contributed by atoms with Crippen molar-refractivity contribution in [2.45, 2.75) is 50.7 Å². The summed E-state index contributed by atoms with van der Waals surface area (Å²) < 4.78 is 11.0. The first-order valence-electron chi connectivity index (χ1n) is 10.5. The molecular weight excluding hydrogens is 346 g/mol. The van der Waals surface area contributed by atoms with Crippen LogP contribution in [-0.2, 0) is 19.1 Å². The Bertz CT molecular complexity index is 509. The Balaban J connectivity index is 1.52. The summed E-state index contributed by atoms with van der Waals surface area (Å²) in [6, 6.07) is 0.00432. The van der Waals surface area contributed by atoms with E-state index in [4.69, 9.17) is 9.47 Å². The molecular formula is C20H35N3O4. The van der Waals surface area contributed by atoms with Crippen LogP contribution in [0.2, 0.25) is 0 Å². The number of carbonyl (C=O) groups is 2. The zero-order chi connectivity index (χ0) is 19.2. The van der Waals surface area contributed by atoms with Gasteiger partial charge in [0.2, 0.25) is 11.8 Å². The number of rotatable bonds is 4. The van der Waals surface area contributed by atoms with E-state index in [0.29, 0.717) is 19.6 Å². The van der Waals surface area contributed by atoms with Gasteiger partial charge in [-0.15, -0.1) is 0 Å². The Morgan fingerprint density at radius 3 is 2.52 bits per heavy atom. The van der Waals surface area contributed by atoms with Gasteiger partial charge in [0, 0.05) is 51.8 Å². The van der Waals surface area contributed by atoms with Crippen molar-refractivity contribution < 1.29 is 19.1 Å². The van der Waals surface area contributed by atoms with Crippen molar-refractivity contribution >= 4 is 11.8 Å². The lowest BCUT2D eigenvalue weighted by molar-refractivity contribution is -0.139. The molecule has 154 valence electrons. The molecule has 3 atom stereocenters. The average molecular weight is 382 g/mol. The molecule has 0 radical (unpaired) electrons. The first-order chi connectivity index (χ1) is 13.1. The number of nitrogens with zero attached hydrogens (tertiary/aromatic N) is 2. The van der Waals surface area contributed by atoms with Crippen LogP contribution in [0.25, 0.3) is 0 Å². The largest absolute Gasteiger partial charge is 0.381 e. The van der Waals surface area contributed by atoms with E-state index in [9.17, 15) is 9.59 Å². The number of amides is 2. The average Bonchev–Trinajstić information content (AvgIpc) is 2.92. The van der Waals surface area contributed by atoms with Gasteiger partial charge < -0.3 is 24.6 Å². The summed E-state index contributed by atoms with van der Waals surface area (Å²) in [5.41, 5.74) is 0. The lowest BCUT2D eigenvalue weighted by Crippen LogP contribution is -2.52. The van der Waals surface area contributed by atoms with E-state index in [1.54, 1.807) is 7.11 Å². The maximum absolute atomic E-state index is 13.0. The van der Waals surface area contributed by atoms with Crippen molar-refractivity contribution in [3.8, 4) is 0 Å². The van der Waals surface area contributed by atoms with Crippen molar-refractivity contribution in [2.75, 3.05) is 53.6 Å². The van der Waals surface area contributed by atoms with Gasteiger partial charge in [-0.25, -0.2) is 0 Å². The molecule has 7 nitrogen and oxygen atoms in total. The van der Waals surface area contributed by atoms with Gasteiger partial charge in [-0.2, -0.15) is 0 Å². The minimum atomic E-state index is -0.0915. The Labute approximate surface area is 162 Å². The van der Waals surface area contributed by atoms with Gasteiger partial charge in [-0.1, -0.05) is 0 Å². The summed E-state index contributed by atoms with van der Waals surface area (Å²) in [4.78, 5) is 29.9. The molecule has 7 heteroatoms. The predicted octanol–water partition coefficient (Wildman–Crippen LogP) is 0.877. The van der Waals surface area contributed by atoms with Crippen LogP contribution in [-0.4, -0.2) is 87.3 Å². The third kappa shape index (κ3) is 5.42. The molecule has 0 aromatic heterocycles. The third-order valence-corrected chi connectivity index (χ3v) is 6.39. The van der Waals surface area contributed by atoms with Gasteiger partial charge in [0.25, 0.3) is 0 Å². The van der Waals surface area contributed by atoms with Crippen LogP contribution in [0.5, 0.6) is 0 Å². The van der Waals surface area contributed by atoms with Crippen molar-refractivity contribution in [3.63, 3.8) is 0 Å². The van der Waals surface area contributed by atoms with E-state index in [1.807, 2.05) is 4.90 Å². The van der Waals surface area contributed by atoms with E-state index in [0.717, 1.165) is 58.3 Å². The Morgan fingerprint density at radius 1 is 1.00 bits per heavy atom. The van der Waals surface area contributed by atoms with E-state index in [1.165, 1.54) is 0 Å². The highest BCUT2D eigenvalue weighted by atomic mass is 16.5. The van der Waals surface area contributed by atoms with E-state index in [-0.39, 0.29) is 35.8 Å². The second kappa shape index (κ2) is 9.85. The van der Waals surface area contributed by atoms with Gasteiger partial charge in [-0.3, -0.25) is 9.59 Å². The molecule has 0 aromatic carbocycles. The molecule has 2 saturated heterocycles. The molecule has 0 bridgehead atoms. The summed E-state index contributed by atoms with van der Waals surface area (Å²) >= 11 is 0. The van der Waals surface area contributed by atoms with Gasteiger partial charge in [0.1, 0.15) is 0 Å². The topological polar surface area (TPSA) is 71.1 Å². The molecule has 1 saturated carbocycles. The smallest absolute Gasteiger partial charge is 0.225 e. The number of ether oxygens (including phenoxy) is 2. The second-order valence-electron chi connectivity index (χ2n) is 8.27. The Kier molecular flexibility index (Phi) is 7.49. The molecule has 2 amide bonds. The first-order valence-corrected chi connectivity index (χ1v) is 10.5. The highest BCUT2D eigenvalue weighted by Crippen LogP contribution is 2.29. The monoisotopic (exact) mass is 381 g/mol. The molecule has 1 aliphatic carbocycles. The van der Waals surface area contributed by atoms with E-state index in [2.05, 4.69) is 17.3 Å². The zero-order valence-corrected chi connectivity index (χ0v) is 16.8. The summed E-state index contributed by atoms with van der Waals surface area (Å²) in [6.07, 6.45) is 4.85. The fourth-order valence-electron chi connectivity index (χ4n) is 4.56. The quantitative estimate of drug-likeness (QED) is 0.783. The lowest BCUT2D eigenvalue weighted by Gasteiger charge is -2.37. The molecule has 27 heavy (non-hydrogen) atoms. The minimum absolute atomic E-state index is 0.00432. The second-order valence-corrected chi connectivity index (χ2v) is 8.27. The van der Waals surface area contributed by atoms with Crippen LogP contribution in [0.4, 0.5) is 0 Å². The van der Waals surface area contributed by atoms with Crippen LogP contribution in [0.3, 0.4) is 0 Å². The zero-order valence-electron chi connectivity index (χ0n) is 16.8. The van der Waals surface area contributed by atoms with Crippen LogP contribution in [0.1, 0.15) is 38.5 Å². The number of hydrogen-bond donors (Lipinski definition) is 1. The van der Waals surface area contributed by atoms with Crippen LogP contribution < -0.4 is 5.32 Å². The molecule has 2 aliphatic heterocycles. The highest BCUT2D eigenvalue weighted by molar-refractivity contribution is 5.80. The molecule has 0 spiro atoms. The van der Waals surface area contributed by atoms with Gasteiger partial charge >= 0.3 is 0 Å². The summed E-state index contributed by atoms with van der Waals surface area (Å²) in [6.45, 7) is 4.98. The number of likely N-dealkylation sites (N-methyl/N-ethyl adjacent to an activating group) is 1. The maximum atomic E-state index is 13.0. The normalized spacial score (nSPS) is 31.3. The van der Waals surface area contributed by atoms with E-state index >= 15 is 0 Å². The summed E-state index contributed by atoms with van der Waals surface area (Å²) in [7, 11) is 3.80. The molecule has 2 heterocycles. The SMILES string of the molecule is CO[C@H]1C[C@@H](C(=O)N2CCCN(C)CC2)CC[C@@H]1NC(=O)C1CCOCC1.